The van der Waals surface area contributed by atoms with Crippen LogP contribution in [0.1, 0.15) is 12.5 Å². The van der Waals surface area contributed by atoms with Gasteiger partial charge in [0, 0.05) is 11.2 Å². The molecular weight excluding hydrogens is 316 g/mol. The van der Waals surface area contributed by atoms with E-state index < -0.39 is 6.10 Å². The van der Waals surface area contributed by atoms with E-state index in [1.54, 1.807) is 36.2 Å². The molecule has 0 N–H and O–H groups in total. The number of carbonyl (C=O) groups excluding carboxylic acids is 1. The van der Waals surface area contributed by atoms with Crippen LogP contribution in [0.4, 0.5) is 5.69 Å². The predicted octanol–water partition coefficient (Wildman–Crippen LogP) is 3.24. The smallest absolute Gasteiger partial charge is 0.268 e. The SMILES string of the molecule is Cc1cc(OC(C)C(=O)N2CCOc3ncccc32)ccc1Cl. The van der Waals surface area contributed by atoms with Gasteiger partial charge in [-0.2, -0.15) is 0 Å². The average molecular weight is 333 g/mol. The number of hydrogen-bond donors (Lipinski definition) is 0. The molecule has 0 spiro atoms. The van der Waals surface area contributed by atoms with Crippen molar-refractivity contribution in [2.75, 3.05) is 18.1 Å². The molecule has 0 bridgehead atoms. The quantitative estimate of drug-likeness (QED) is 0.866. The molecule has 2 heterocycles. The second kappa shape index (κ2) is 6.46. The van der Waals surface area contributed by atoms with Gasteiger partial charge in [0.2, 0.25) is 5.88 Å². The minimum atomic E-state index is -0.623. The first-order valence-electron chi connectivity index (χ1n) is 7.38. The maximum Gasteiger partial charge on any atom is 0.268 e. The zero-order valence-corrected chi connectivity index (χ0v) is 13.7. The van der Waals surface area contributed by atoms with Crippen LogP contribution in [0.3, 0.4) is 0 Å². The molecule has 1 atom stereocenters. The molecule has 5 nitrogen and oxygen atoms in total. The van der Waals surface area contributed by atoms with Crippen LogP contribution in [0.5, 0.6) is 11.6 Å². The summed E-state index contributed by atoms with van der Waals surface area (Å²) in [4.78, 5) is 18.5. The number of rotatable bonds is 3. The number of amides is 1. The molecule has 0 radical (unpaired) electrons. The van der Waals surface area contributed by atoms with Gasteiger partial charge in [0.1, 0.15) is 18.0 Å². The lowest BCUT2D eigenvalue weighted by molar-refractivity contribution is -0.124. The zero-order chi connectivity index (χ0) is 16.4. The third-order valence-corrected chi connectivity index (χ3v) is 4.08. The van der Waals surface area contributed by atoms with Crippen molar-refractivity contribution in [3.05, 3.63) is 47.1 Å². The first-order valence-corrected chi connectivity index (χ1v) is 7.76. The van der Waals surface area contributed by atoms with Crippen LogP contribution in [0.25, 0.3) is 0 Å². The van der Waals surface area contributed by atoms with Crippen LogP contribution < -0.4 is 14.4 Å². The summed E-state index contributed by atoms with van der Waals surface area (Å²) >= 11 is 6.01. The number of halogens is 1. The van der Waals surface area contributed by atoms with Crippen molar-refractivity contribution in [1.29, 1.82) is 0 Å². The Morgan fingerprint density at radius 1 is 1.43 bits per heavy atom. The standard InChI is InChI=1S/C17H17ClN2O3/c1-11-10-13(5-6-14(11)18)23-12(2)17(21)20-8-9-22-16-15(20)4-3-7-19-16/h3-7,10,12H,8-9H2,1-2H3. The van der Waals surface area contributed by atoms with Crippen LogP contribution in [-0.2, 0) is 4.79 Å². The molecule has 1 aromatic heterocycles. The summed E-state index contributed by atoms with van der Waals surface area (Å²) in [5.41, 5.74) is 1.58. The van der Waals surface area contributed by atoms with Gasteiger partial charge in [0.05, 0.1) is 6.54 Å². The minimum Gasteiger partial charge on any atom is -0.481 e. The van der Waals surface area contributed by atoms with Crippen molar-refractivity contribution < 1.29 is 14.3 Å². The molecule has 0 saturated heterocycles. The fourth-order valence-corrected chi connectivity index (χ4v) is 2.56. The van der Waals surface area contributed by atoms with E-state index in [0.717, 1.165) is 5.56 Å². The highest BCUT2D eigenvalue weighted by atomic mass is 35.5. The summed E-state index contributed by atoms with van der Waals surface area (Å²) in [5, 5.41) is 0.671. The first kappa shape index (κ1) is 15.6. The van der Waals surface area contributed by atoms with E-state index in [0.29, 0.717) is 35.5 Å². The predicted molar refractivity (Wildman–Crippen MR) is 88.4 cm³/mol. The van der Waals surface area contributed by atoms with Gasteiger partial charge in [-0.25, -0.2) is 4.98 Å². The topological polar surface area (TPSA) is 51.7 Å². The van der Waals surface area contributed by atoms with Gasteiger partial charge in [-0.1, -0.05) is 11.6 Å². The van der Waals surface area contributed by atoms with E-state index in [2.05, 4.69) is 4.98 Å². The second-order valence-electron chi connectivity index (χ2n) is 5.34. The number of pyridine rings is 1. The van der Waals surface area contributed by atoms with Gasteiger partial charge in [-0.15, -0.1) is 0 Å². The summed E-state index contributed by atoms with van der Waals surface area (Å²) in [6.07, 6.45) is 1.02. The average Bonchev–Trinajstić information content (AvgIpc) is 2.57. The number of nitrogens with zero attached hydrogens (tertiary/aromatic N) is 2. The largest absolute Gasteiger partial charge is 0.481 e. The number of carbonyl (C=O) groups is 1. The molecule has 1 aliphatic rings. The van der Waals surface area contributed by atoms with Crippen molar-refractivity contribution >= 4 is 23.2 Å². The van der Waals surface area contributed by atoms with E-state index in [1.807, 2.05) is 19.1 Å². The van der Waals surface area contributed by atoms with Gasteiger partial charge in [0.15, 0.2) is 6.10 Å². The molecule has 120 valence electrons. The van der Waals surface area contributed by atoms with Crippen molar-refractivity contribution in [2.24, 2.45) is 0 Å². The fourth-order valence-electron chi connectivity index (χ4n) is 2.45. The van der Waals surface area contributed by atoms with Crippen molar-refractivity contribution in [1.82, 2.24) is 4.98 Å². The number of fused-ring (bicyclic) bond motifs is 1. The molecule has 6 heteroatoms. The Labute approximate surface area is 139 Å². The summed E-state index contributed by atoms with van der Waals surface area (Å²) < 4.78 is 11.2. The van der Waals surface area contributed by atoms with Crippen LogP contribution in [0, 0.1) is 6.92 Å². The highest BCUT2D eigenvalue weighted by molar-refractivity contribution is 6.31. The molecule has 1 aromatic carbocycles. The maximum absolute atomic E-state index is 12.7. The molecule has 3 rings (SSSR count). The Hall–Kier alpha value is -2.27. The van der Waals surface area contributed by atoms with Gasteiger partial charge in [-0.05, 0) is 49.7 Å². The van der Waals surface area contributed by atoms with E-state index in [4.69, 9.17) is 21.1 Å². The Morgan fingerprint density at radius 3 is 3.04 bits per heavy atom. The Morgan fingerprint density at radius 2 is 2.26 bits per heavy atom. The summed E-state index contributed by atoms with van der Waals surface area (Å²) in [7, 11) is 0. The normalized spacial score (nSPS) is 14.7. The molecule has 2 aromatic rings. The van der Waals surface area contributed by atoms with Crippen molar-refractivity contribution in [3.8, 4) is 11.6 Å². The molecule has 0 aliphatic carbocycles. The maximum atomic E-state index is 12.7. The van der Waals surface area contributed by atoms with Gasteiger partial charge in [-0.3, -0.25) is 4.79 Å². The Kier molecular flexibility index (Phi) is 4.39. The Balaban J connectivity index is 1.76. The first-order chi connectivity index (χ1) is 11.1. The van der Waals surface area contributed by atoms with Crippen LogP contribution >= 0.6 is 11.6 Å². The van der Waals surface area contributed by atoms with E-state index in [-0.39, 0.29) is 5.91 Å². The molecule has 0 fully saturated rings. The molecular formula is C17H17ClN2O3. The van der Waals surface area contributed by atoms with Crippen molar-refractivity contribution in [2.45, 2.75) is 20.0 Å². The third kappa shape index (κ3) is 3.24. The highest BCUT2D eigenvalue weighted by Gasteiger charge is 2.28. The molecule has 1 unspecified atom stereocenters. The summed E-state index contributed by atoms with van der Waals surface area (Å²) in [5.74, 6) is 0.962. The van der Waals surface area contributed by atoms with Crippen LogP contribution in [0.15, 0.2) is 36.5 Å². The van der Waals surface area contributed by atoms with Gasteiger partial charge in [0.25, 0.3) is 5.91 Å². The summed E-state index contributed by atoms with van der Waals surface area (Å²) in [6.45, 7) is 4.52. The third-order valence-electron chi connectivity index (χ3n) is 3.65. The molecule has 1 amide bonds. The molecule has 1 aliphatic heterocycles. The van der Waals surface area contributed by atoms with Crippen LogP contribution in [0.2, 0.25) is 5.02 Å². The van der Waals surface area contributed by atoms with E-state index in [1.165, 1.54) is 0 Å². The zero-order valence-electron chi connectivity index (χ0n) is 13.0. The van der Waals surface area contributed by atoms with Crippen molar-refractivity contribution in [3.63, 3.8) is 0 Å². The lowest BCUT2D eigenvalue weighted by atomic mass is 10.2. The number of ether oxygens (including phenoxy) is 2. The minimum absolute atomic E-state index is 0.129. The second-order valence-corrected chi connectivity index (χ2v) is 5.74. The van der Waals surface area contributed by atoms with Gasteiger partial charge >= 0.3 is 0 Å². The van der Waals surface area contributed by atoms with Crippen LogP contribution in [-0.4, -0.2) is 30.1 Å². The number of aromatic nitrogens is 1. The van der Waals surface area contributed by atoms with E-state index >= 15 is 0 Å². The monoisotopic (exact) mass is 332 g/mol. The number of aryl methyl sites for hydroxylation is 1. The number of benzene rings is 1. The fraction of sp³-hybridized carbons (Fsp3) is 0.294. The van der Waals surface area contributed by atoms with Gasteiger partial charge < -0.3 is 14.4 Å². The van der Waals surface area contributed by atoms with E-state index in [9.17, 15) is 4.79 Å². The lowest BCUT2D eigenvalue weighted by Crippen LogP contribution is -2.44. The highest BCUT2D eigenvalue weighted by Crippen LogP contribution is 2.29. The lowest BCUT2D eigenvalue weighted by Gasteiger charge is -2.30. The number of hydrogen-bond acceptors (Lipinski definition) is 4. The molecule has 0 saturated carbocycles. The summed E-state index contributed by atoms with van der Waals surface area (Å²) in [6, 6.07) is 8.94. The molecule has 23 heavy (non-hydrogen) atoms. The number of anilines is 1. The Bertz CT molecular complexity index is 736.